The fourth-order valence-corrected chi connectivity index (χ4v) is 8.81. The summed E-state index contributed by atoms with van der Waals surface area (Å²) in [6, 6.07) is 3.56. The molecule has 2 aliphatic carbocycles. The van der Waals surface area contributed by atoms with Crippen molar-refractivity contribution in [1.29, 1.82) is 0 Å². The highest BCUT2D eigenvalue weighted by molar-refractivity contribution is 5.97. The summed E-state index contributed by atoms with van der Waals surface area (Å²) in [5.74, 6) is 1.07. The van der Waals surface area contributed by atoms with E-state index in [0.717, 1.165) is 45.2 Å². The van der Waals surface area contributed by atoms with Crippen molar-refractivity contribution in [3.05, 3.63) is 42.1 Å². The number of fused-ring (bicyclic) bond motifs is 3. The quantitative estimate of drug-likeness (QED) is 0.378. The van der Waals surface area contributed by atoms with E-state index in [2.05, 4.69) is 20.2 Å². The van der Waals surface area contributed by atoms with Crippen molar-refractivity contribution in [2.24, 2.45) is 23.2 Å². The summed E-state index contributed by atoms with van der Waals surface area (Å²) >= 11 is 0. The van der Waals surface area contributed by atoms with E-state index in [0.29, 0.717) is 30.6 Å². The molecule has 6 aliphatic rings. The molecule has 1 aromatic carbocycles. The molecule has 4 saturated heterocycles. The number of hydrogen-bond acceptors (Lipinski definition) is 7. The minimum atomic E-state index is -0.876. The van der Waals surface area contributed by atoms with Gasteiger partial charge in [-0.3, -0.25) is 9.59 Å². The zero-order valence-corrected chi connectivity index (χ0v) is 28.0. The largest absolute Gasteiger partial charge is 0.451 e. The smallest absolute Gasteiger partial charge is 0.258 e. The van der Waals surface area contributed by atoms with Crippen LogP contribution in [0.25, 0.3) is 0 Å². The minimum absolute atomic E-state index is 0.0576. The molecule has 9 nitrogen and oxygen atoms in total. The van der Waals surface area contributed by atoms with Crippen LogP contribution < -0.4 is 15.0 Å². The maximum absolute atomic E-state index is 15.6. The lowest BCUT2D eigenvalue weighted by atomic mass is 9.66. The van der Waals surface area contributed by atoms with Crippen molar-refractivity contribution in [1.82, 2.24) is 25.1 Å². The fourth-order valence-electron chi connectivity index (χ4n) is 8.81. The molecule has 2 saturated carbocycles. The number of carbonyl (C=O) groups is 2. The van der Waals surface area contributed by atoms with E-state index in [1.807, 2.05) is 32.6 Å². The summed E-state index contributed by atoms with van der Waals surface area (Å²) in [7, 11) is 0. The van der Waals surface area contributed by atoms with Crippen molar-refractivity contribution < 1.29 is 23.1 Å². The topological polar surface area (TPSA) is 90.9 Å². The van der Waals surface area contributed by atoms with Gasteiger partial charge in [-0.15, -0.1) is 0 Å². The van der Waals surface area contributed by atoms with Gasteiger partial charge < -0.3 is 24.8 Å². The van der Waals surface area contributed by atoms with Crippen molar-refractivity contribution in [3.63, 3.8) is 0 Å². The van der Waals surface area contributed by atoms with Crippen molar-refractivity contribution >= 4 is 17.6 Å². The van der Waals surface area contributed by atoms with Crippen molar-refractivity contribution in [2.75, 3.05) is 31.1 Å². The average molecular weight is 651 g/mol. The first-order chi connectivity index (χ1) is 22.5. The summed E-state index contributed by atoms with van der Waals surface area (Å²) in [4.78, 5) is 41.7. The van der Waals surface area contributed by atoms with Crippen LogP contribution in [0.4, 0.5) is 14.6 Å². The summed E-state index contributed by atoms with van der Waals surface area (Å²) in [6.45, 7) is 10.6. The molecule has 6 fully saturated rings. The average Bonchev–Trinajstić information content (AvgIpc) is 3.86. The van der Waals surface area contributed by atoms with Crippen LogP contribution in [0.2, 0.25) is 0 Å². The molecule has 8 rings (SSSR count). The zero-order valence-electron chi connectivity index (χ0n) is 28.0. The van der Waals surface area contributed by atoms with Crippen LogP contribution in [0.3, 0.4) is 0 Å². The molecule has 1 N–H and O–H groups in total. The number of nitrogens with zero attached hydrogens (tertiary/aromatic N) is 5. The Labute approximate surface area is 276 Å². The van der Waals surface area contributed by atoms with E-state index in [4.69, 9.17) is 4.74 Å². The number of rotatable bonds is 9. The van der Waals surface area contributed by atoms with Crippen molar-refractivity contribution in [2.45, 2.75) is 103 Å². The highest BCUT2D eigenvalue weighted by Crippen LogP contribution is 2.48. The third-order valence-corrected chi connectivity index (χ3v) is 11.4. The SMILES string of the molecule is CC(C)N(C(=O)c1cc(F)ccc1Oc1cncnc1N1CC2(CCN(C(=O)[C@H]3N[C@H]4CC[C@@H]3[C@@H](F)[C@H]4CC3CC3)CC2)C1)C(C)C. The summed E-state index contributed by atoms with van der Waals surface area (Å²) in [5, 5.41) is 3.59. The number of hydrogen-bond donors (Lipinski definition) is 1. The standard InChI is InChI=1S/C36H48F2N6O3/c1-21(2)44(22(3)4)34(45)27-16-24(37)7-10-29(27)47-30-17-39-20-40-33(30)43-18-36(19-43)11-13-42(14-12-36)35(46)32-25-8-9-28(41-32)26(31(25)38)15-23-5-6-23/h7,10,16-17,20-23,25-26,28,31-32,41H,5-6,8-9,11-15,18-19H2,1-4H3/t25-,26+,28+,31-,32+/m1/s1. The first-order valence-electron chi connectivity index (χ1n) is 17.6. The lowest BCUT2D eigenvalue weighted by Gasteiger charge is -2.55. The number of likely N-dealkylation sites (tertiary alicyclic amines) is 1. The molecule has 5 heterocycles. The number of anilines is 1. The van der Waals surface area contributed by atoms with E-state index in [1.54, 1.807) is 11.1 Å². The number of nitrogens with one attached hydrogen (secondary N) is 1. The van der Waals surface area contributed by atoms with E-state index in [1.165, 1.54) is 37.4 Å². The summed E-state index contributed by atoms with van der Waals surface area (Å²) < 4.78 is 36.2. The maximum Gasteiger partial charge on any atom is 0.258 e. The van der Waals surface area contributed by atoms with Crippen molar-refractivity contribution in [3.8, 4) is 11.5 Å². The minimum Gasteiger partial charge on any atom is -0.451 e. The second kappa shape index (κ2) is 12.6. The molecule has 1 aromatic heterocycles. The number of ether oxygens (including phenoxy) is 1. The van der Waals surface area contributed by atoms with Gasteiger partial charge in [-0.2, -0.15) is 0 Å². The Bertz CT molecular complexity index is 1470. The van der Waals surface area contributed by atoms with Gasteiger partial charge in [0.2, 0.25) is 5.91 Å². The van der Waals surface area contributed by atoms with Crippen LogP contribution in [0.1, 0.15) is 83.0 Å². The second-order valence-electron chi connectivity index (χ2n) is 15.3. The number of piperidine rings is 3. The lowest BCUT2D eigenvalue weighted by molar-refractivity contribution is -0.143. The van der Waals surface area contributed by atoms with Gasteiger partial charge in [0.05, 0.1) is 17.8 Å². The predicted molar refractivity (Wildman–Crippen MR) is 175 cm³/mol. The molecule has 5 atom stereocenters. The van der Waals surface area contributed by atoms with Gasteiger partial charge in [-0.1, -0.05) is 12.8 Å². The van der Waals surface area contributed by atoms with Crippen LogP contribution >= 0.6 is 0 Å². The number of halogens is 2. The number of alkyl halides is 1. The van der Waals surface area contributed by atoms with Gasteiger partial charge in [-0.05, 0) is 83.9 Å². The fraction of sp³-hybridized carbons (Fsp3) is 0.667. The first-order valence-corrected chi connectivity index (χ1v) is 17.6. The van der Waals surface area contributed by atoms with Gasteiger partial charge in [0.1, 0.15) is 24.1 Å². The Hall–Kier alpha value is -3.34. The molecule has 254 valence electrons. The second-order valence-corrected chi connectivity index (χ2v) is 15.3. The maximum atomic E-state index is 15.6. The van der Waals surface area contributed by atoms with E-state index < -0.39 is 18.0 Å². The Morgan fingerprint density at radius 3 is 2.45 bits per heavy atom. The van der Waals surface area contributed by atoms with E-state index >= 15 is 4.39 Å². The molecule has 4 aliphatic heterocycles. The van der Waals surface area contributed by atoms with Gasteiger partial charge in [0, 0.05) is 61.6 Å². The molecule has 2 bridgehead atoms. The molecular formula is C36H48F2N6O3. The van der Waals surface area contributed by atoms with Gasteiger partial charge in [0.15, 0.2) is 11.6 Å². The van der Waals surface area contributed by atoms with Gasteiger partial charge in [-0.25, -0.2) is 18.7 Å². The number of benzene rings is 1. The molecule has 0 unspecified atom stereocenters. The highest BCUT2D eigenvalue weighted by atomic mass is 19.1. The molecule has 2 aromatic rings. The highest BCUT2D eigenvalue weighted by Gasteiger charge is 2.54. The number of carbonyl (C=O) groups excluding carboxylic acids is 2. The Morgan fingerprint density at radius 2 is 1.79 bits per heavy atom. The van der Waals surface area contributed by atoms with Crippen LogP contribution in [-0.4, -0.2) is 88.1 Å². The normalized spacial score (nSPS) is 28.1. The van der Waals surface area contributed by atoms with E-state index in [9.17, 15) is 14.0 Å². The molecule has 0 radical (unpaired) electrons. The van der Waals surface area contributed by atoms with Gasteiger partial charge in [0.25, 0.3) is 5.91 Å². The Morgan fingerprint density at radius 1 is 1.06 bits per heavy atom. The monoisotopic (exact) mass is 650 g/mol. The molecule has 11 heteroatoms. The Kier molecular flexibility index (Phi) is 8.64. The third kappa shape index (κ3) is 6.20. The lowest BCUT2D eigenvalue weighted by Crippen LogP contribution is -2.68. The van der Waals surface area contributed by atoms with E-state index in [-0.39, 0.29) is 58.5 Å². The summed E-state index contributed by atoms with van der Waals surface area (Å²) in [5.41, 5.74) is 0.208. The Balaban J connectivity index is 0.984. The number of amides is 2. The number of aromatic nitrogens is 2. The first kappa shape index (κ1) is 32.2. The third-order valence-electron chi connectivity index (χ3n) is 11.4. The predicted octanol–water partition coefficient (Wildman–Crippen LogP) is 5.60. The van der Waals surface area contributed by atoms with Gasteiger partial charge >= 0.3 is 0 Å². The van der Waals surface area contributed by atoms with Crippen LogP contribution in [-0.2, 0) is 4.79 Å². The van der Waals surface area contributed by atoms with Crippen LogP contribution in [0, 0.1) is 29.0 Å². The summed E-state index contributed by atoms with van der Waals surface area (Å²) in [6.07, 6.45) is 9.13. The zero-order chi connectivity index (χ0) is 33.0. The molecule has 1 spiro atoms. The molecule has 47 heavy (non-hydrogen) atoms. The molecular weight excluding hydrogens is 602 g/mol. The van der Waals surface area contributed by atoms with Crippen LogP contribution in [0.15, 0.2) is 30.7 Å². The molecule has 2 amide bonds. The van der Waals surface area contributed by atoms with Crippen LogP contribution in [0.5, 0.6) is 11.5 Å².